The molecule has 7 heteroatoms. The first kappa shape index (κ1) is 20.1. The van der Waals surface area contributed by atoms with E-state index >= 15 is 0 Å². The van der Waals surface area contributed by atoms with Gasteiger partial charge < -0.3 is 5.32 Å². The third-order valence-electron chi connectivity index (χ3n) is 4.02. The van der Waals surface area contributed by atoms with E-state index in [1.54, 1.807) is 12.1 Å². The summed E-state index contributed by atoms with van der Waals surface area (Å²) < 4.78 is 41.4. The fourth-order valence-electron chi connectivity index (χ4n) is 2.40. The van der Waals surface area contributed by atoms with Crippen LogP contribution in [-0.2, 0) is 21.2 Å². The fraction of sp³-hybridized carbons (Fsp3) is 0.316. The molecule has 5 nitrogen and oxygen atoms in total. The zero-order valence-electron chi connectivity index (χ0n) is 14.8. The van der Waals surface area contributed by atoms with Crippen LogP contribution in [0.1, 0.15) is 25.8 Å². The second-order valence-corrected chi connectivity index (χ2v) is 7.79. The van der Waals surface area contributed by atoms with E-state index in [0.29, 0.717) is 6.42 Å². The first-order valence-electron chi connectivity index (χ1n) is 8.44. The summed E-state index contributed by atoms with van der Waals surface area (Å²) in [6.45, 7) is 3.75. The number of sulfonamides is 1. The summed E-state index contributed by atoms with van der Waals surface area (Å²) >= 11 is 0. The third kappa shape index (κ3) is 5.37. The van der Waals surface area contributed by atoms with Crippen molar-refractivity contribution < 1.29 is 17.6 Å². The van der Waals surface area contributed by atoms with Crippen LogP contribution in [0.4, 0.5) is 4.39 Å². The molecular formula is C19H23FN2O3S. The maximum Gasteiger partial charge on any atom is 0.244 e. The Morgan fingerprint density at radius 2 is 1.69 bits per heavy atom. The minimum absolute atomic E-state index is 0.0984. The van der Waals surface area contributed by atoms with Gasteiger partial charge in [-0.05, 0) is 37.5 Å². The molecule has 0 radical (unpaired) electrons. The molecule has 0 aliphatic rings. The molecule has 0 saturated carbocycles. The molecule has 26 heavy (non-hydrogen) atoms. The van der Waals surface area contributed by atoms with Crippen LogP contribution >= 0.6 is 0 Å². The van der Waals surface area contributed by atoms with Crippen molar-refractivity contribution in [1.29, 1.82) is 0 Å². The lowest BCUT2D eigenvalue weighted by Crippen LogP contribution is -2.50. The molecule has 2 aromatic rings. The lowest BCUT2D eigenvalue weighted by atomic mass is 10.1. The highest BCUT2D eigenvalue weighted by Gasteiger charge is 2.28. The summed E-state index contributed by atoms with van der Waals surface area (Å²) in [5.41, 5.74) is 0.799. The van der Waals surface area contributed by atoms with E-state index in [2.05, 4.69) is 10.0 Å². The number of carbonyl (C=O) groups excluding carboxylic acids is 1. The number of rotatable bonds is 8. The van der Waals surface area contributed by atoms with E-state index < -0.39 is 32.7 Å². The molecule has 2 aromatic carbocycles. The predicted molar refractivity (Wildman–Crippen MR) is 98.6 cm³/mol. The third-order valence-corrected chi connectivity index (χ3v) is 5.53. The van der Waals surface area contributed by atoms with Crippen molar-refractivity contribution in [2.24, 2.45) is 0 Å². The van der Waals surface area contributed by atoms with Gasteiger partial charge in [0.25, 0.3) is 0 Å². The summed E-state index contributed by atoms with van der Waals surface area (Å²) in [6.07, 6.45) is 0.876. The van der Waals surface area contributed by atoms with Crippen molar-refractivity contribution in [2.45, 2.75) is 43.7 Å². The normalized spacial score (nSPS) is 13.8. The number of benzene rings is 2. The summed E-state index contributed by atoms with van der Waals surface area (Å²) in [5, 5.41) is 2.78. The van der Waals surface area contributed by atoms with Gasteiger partial charge in [0.1, 0.15) is 16.8 Å². The monoisotopic (exact) mass is 378 g/mol. The Labute approximate surface area is 153 Å². The topological polar surface area (TPSA) is 75.3 Å². The van der Waals surface area contributed by atoms with Crippen LogP contribution in [0.15, 0.2) is 59.5 Å². The molecule has 2 rings (SSSR count). The molecule has 0 aromatic heterocycles. The molecule has 0 aliphatic heterocycles. The van der Waals surface area contributed by atoms with Gasteiger partial charge in [0.05, 0.1) is 0 Å². The lowest BCUT2D eigenvalue weighted by molar-refractivity contribution is -0.123. The zero-order valence-corrected chi connectivity index (χ0v) is 15.6. The maximum absolute atomic E-state index is 13.9. The standard InChI is InChI=1S/C19H23FN2O3S/c1-3-14(2)21-19(23)17(13-15-9-5-4-6-10-15)22-26(24,25)18-12-8-7-11-16(18)20/h4-12,14,17,22H,3,13H2,1-2H3,(H,21,23)/t14-,17+/m0/s1. The van der Waals surface area contributed by atoms with Crippen molar-refractivity contribution in [3.63, 3.8) is 0 Å². The number of nitrogens with one attached hydrogen (secondary N) is 2. The molecule has 2 atom stereocenters. The molecule has 0 aliphatic carbocycles. The molecule has 0 bridgehead atoms. The van der Waals surface area contributed by atoms with Gasteiger partial charge in [0, 0.05) is 6.04 Å². The Balaban J connectivity index is 2.28. The number of hydrogen-bond acceptors (Lipinski definition) is 3. The Hall–Kier alpha value is -2.25. The minimum atomic E-state index is -4.18. The van der Waals surface area contributed by atoms with E-state index in [1.807, 2.05) is 32.0 Å². The first-order chi connectivity index (χ1) is 12.3. The summed E-state index contributed by atoms with van der Waals surface area (Å²) in [7, 11) is -4.18. The van der Waals surface area contributed by atoms with Crippen molar-refractivity contribution in [1.82, 2.24) is 10.0 Å². The lowest BCUT2D eigenvalue weighted by Gasteiger charge is -2.21. The van der Waals surface area contributed by atoms with Crippen LogP contribution in [0.25, 0.3) is 0 Å². The van der Waals surface area contributed by atoms with E-state index in [1.165, 1.54) is 18.2 Å². The van der Waals surface area contributed by atoms with Gasteiger partial charge in [-0.15, -0.1) is 0 Å². The smallest absolute Gasteiger partial charge is 0.244 e. The van der Waals surface area contributed by atoms with E-state index in [9.17, 15) is 17.6 Å². The van der Waals surface area contributed by atoms with Gasteiger partial charge in [-0.25, -0.2) is 12.8 Å². The zero-order chi connectivity index (χ0) is 19.2. The van der Waals surface area contributed by atoms with Crippen molar-refractivity contribution in [3.8, 4) is 0 Å². The first-order valence-corrected chi connectivity index (χ1v) is 9.93. The molecule has 140 valence electrons. The van der Waals surface area contributed by atoms with Crippen LogP contribution in [0.5, 0.6) is 0 Å². The Morgan fingerprint density at radius 3 is 2.31 bits per heavy atom. The summed E-state index contributed by atoms with van der Waals surface area (Å²) in [4.78, 5) is 12.1. The SMILES string of the molecule is CC[C@H](C)NC(=O)[C@@H](Cc1ccccc1)NS(=O)(=O)c1ccccc1F. The maximum atomic E-state index is 13.9. The van der Waals surface area contributed by atoms with Gasteiger partial charge in [-0.2, -0.15) is 4.72 Å². The van der Waals surface area contributed by atoms with Crippen LogP contribution in [0, 0.1) is 5.82 Å². The molecule has 0 heterocycles. The minimum Gasteiger partial charge on any atom is -0.352 e. The molecule has 2 N–H and O–H groups in total. The molecular weight excluding hydrogens is 355 g/mol. The summed E-state index contributed by atoms with van der Waals surface area (Å²) in [5.74, 6) is -1.30. The number of amides is 1. The Bertz CT molecular complexity index is 841. The highest BCUT2D eigenvalue weighted by Crippen LogP contribution is 2.15. The van der Waals surface area contributed by atoms with Crippen molar-refractivity contribution >= 4 is 15.9 Å². The second-order valence-electron chi connectivity index (χ2n) is 6.11. The van der Waals surface area contributed by atoms with E-state index in [0.717, 1.165) is 11.6 Å². The average molecular weight is 378 g/mol. The van der Waals surface area contributed by atoms with Gasteiger partial charge in [-0.1, -0.05) is 49.4 Å². The van der Waals surface area contributed by atoms with Crippen LogP contribution in [0.3, 0.4) is 0 Å². The Morgan fingerprint density at radius 1 is 1.08 bits per heavy atom. The molecule has 1 amide bonds. The quantitative estimate of drug-likeness (QED) is 0.741. The van der Waals surface area contributed by atoms with E-state index in [-0.39, 0.29) is 12.5 Å². The highest BCUT2D eigenvalue weighted by atomic mass is 32.2. The molecule has 0 unspecified atom stereocenters. The predicted octanol–water partition coefficient (Wildman–Crippen LogP) is 2.63. The number of carbonyl (C=O) groups is 1. The largest absolute Gasteiger partial charge is 0.352 e. The van der Waals surface area contributed by atoms with Crippen molar-refractivity contribution in [2.75, 3.05) is 0 Å². The number of halogens is 1. The number of hydrogen-bond donors (Lipinski definition) is 2. The molecule has 0 fully saturated rings. The van der Waals surface area contributed by atoms with Crippen LogP contribution in [-0.4, -0.2) is 26.4 Å². The van der Waals surface area contributed by atoms with Crippen molar-refractivity contribution in [3.05, 3.63) is 66.0 Å². The van der Waals surface area contributed by atoms with Crippen LogP contribution in [0.2, 0.25) is 0 Å². The second kappa shape index (κ2) is 8.91. The molecule has 0 spiro atoms. The van der Waals surface area contributed by atoms with Gasteiger partial charge in [-0.3, -0.25) is 4.79 Å². The van der Waals surface area contributed by atoms with Crippen LogP contribution < -0.4 is 10.0 Å². The van der Waals surface area contributed by atoms with Gasteiger partial charge >= 0.3 is 0 Å². The Kier molecular flexibility index (Phi) is 6.88. The van der Waals surface area contributed by atoms with Gasteiger partial charge in [0.15, 0.2) is 0 Å². The van der Waals surface area contributed by atoms with Gasteiger partial charge in [0.2, 0.25) is 15.9 Å². The highest BCUT2D eigenvalue weighted by molar-refractivity contribution is 7.89. The van der Waals surface area contributed by atoms with E-state index in [4.69, 9.17) is 0 Å². The summed E-state index contributed by atoms with van der Waals surface area (Å²) in [6, 6.07) is 13.0. The average Bonchev–Trinajstić information content (AvgIpc) is 2.62. The molecule has 0 saturated heterocycles. The fourth-order valence-corrected chi connectivity index (χ4v) is 3.67.